The van der Waals surface area contributed by atoms with Crippen molar-refractivity contribution in [3.05, 3.63) is 27.2 Å². The van der Waals surface area contributed by atoms with Crippen molar-refractivity contribution in [2.75, 3.05) is 20.2 Å². The van der Waals surface area contributed by atoms with Gasteiger partial charge in [-0.15, -0.1) is 4.72 Å². The third-order valence-corrected chi connectivity index (χ3v) is 7.03. The number of hydrogen-bond acceptors (Lipinski definition) is 4. The second-order valence-electron chi connectivity index (χ2n) is 7.07. The molecule has 24 heavy (non-hydrogen) atoms. The monoisotopic (exact) mass is 436 g/mol. The van der Waals surface area contributed by atoms with Gasteiger partial charge in [0, 0.05) is 21.4 Å². The van der Waals surface area contributed by atoms with E-state index in [9.17, 15) is 4.55 Å². The Bertz CT molecular complexity index is 562. The molecule has 0 saturated carbocycles. The molecule has 136 valence electrons. The lowest BCUT2D eigenvalue weighted by Crippen LogP contribution is -2.45. The lowest BCUT2D eigenvalue weighted by Gasteiger charge is -2.35. The van der Waals surface area contributed by atoms with Crippen molar-refractivity contribution in [1.29, 1.82) is 0 Å². The van der Waals surface area contributed by atoms with Crippen molar-refractivity contribution in [3.8, 4) is 5.75 Å². The highest BCUT2D eigenvalue weighted by molar-refractivity contribution is 9.10. The molecule has 2 atom stereocenters. The van der Waals surface area contributed by atoms with E-state index in [0.29, 0.717) is 10.9 Å². The van der Waals surface area contributed by atoms with E-state index in [0.717, 1.165) is 41.7 Å². The molecule has 2 unspecified atom stereocenters. The number of benzene rings is 1. The third kappa shape index (κ3) is 5.02. The summed E-state index contributed by atoms with van der Waals surface area (Å²) in [4.78, 5) is 0. The van der Waals surface area contributed by atoms with Gasteiger partial charge in [0.05, 0.1) is 18.2 Å². The number of halogens is 2. The summed E-state index contributed by atoms with van der Waals surface area (Å²) >= 11 is 8.61. The van der Waals surface area contributed by atoms with Crippen LogP contribution in [0.1, 0.15) is 45.2 Å². The molecule has 1 aliphatic rings. The van der Waals surface area contributed by atoms with Crippen LogP contribution in [0.25, 0.3) is 0 Å². The highest BCUT2D eigenvalue weighted by Gasteiger charge is 2.35. The predicted octanol–water partition coefficient (Wildman–Crippen LogP) is 4.20. The standard InChI is InChI=1S/C17H26BrClN2O2S/c1-17(2,3)24(22)21-16(11-5-7-20-8-6-11)12-9-14(19)13(18)10-15(12)23-4/h9-11,16,20-21H,5-8H2,1-4H3. The van der Waals surface area contributed by atoms with Gasteiger partial charge in [0.15, 0.2) is 0 Å². The number of rotatable bonds is 5. The lowest BCUT2D eigenvalue weighted by atomic mass is 9.86. The molecule has 1 fully saturated rings. The molecule has 1 aromatic rings. The van der Waals surface area contributed by atoms with E-state index in [1.807, 2.05) is 32.9 Å². The Kier molecular flexibility index (Phi) is 7.29. The van der Waals surface area contributed by atoms with Crippen molar-refractivity contribution < 1.29 is 9.29 Å². The summed E-state index contributed by atoms with van der Waals surface area (Å²) < 4.78 is 22.1. The molecule has 2 rings (SSSR count). The Hall–Kier alpha value is 0.0200. The first kappa shape index (κ1) is 20.3. The van der Waals surface area contributed by atoms with Gasteiger partial charge >= 0.3 is 0 Å². The largest absolute Gasteiger partial charge is 0.598 e. The molecule has 4 nitrogen and oxygen atoms in total. The Morgan fingerprint density at radius 2 is 2.00 bits per heavy atom. The van der Waals surface area contributed by atoms with Crippen LogP contribution in [0.4, 0.5) is 0 Å². The number of piperidine rings is 1. The van der Waals surface area contributed by atoms with Crippen LogP contribution < -0.4 is 14.8 Å². The molecule has 0 bridgehead atoms. The molecule has 0 aliphatic carbocycles. The zero-order chi connectivity index (χ0) is 17.9. The first-order valence-corrected chi connectivity index (χ1v) is 10.5. The summed E-state index contributed by atoms with van der Waals surface area (Å²) in [6, 6.07) is 3.74. The number of ether oxygens (including phenoxy) is 1. The van der Waals surface area contributed by atoms with Gasteiger partial charge in [-0.25, -0.2) is 0 Å². The van der Waals surface area contributed by atoms with Gasteiger partial charge in [0.25, 0.3) is 0 Å². The molecular formula is C17H26BrClN2O2S. The van der Waals surface area contributed by atoms with Gasteiger partial charge in [-0.1, -0.05) is 11.6 Å². The minimum atomic E-state index is -1.17. The van der Waals surface area contributed by atoms with E-state index < -0.39 is 11.4 Å². The summed E-state index contributed by atoms with van der Waals surface area (Å²) in [6.07, 6.45) is 2.05. The lowest BCUT2D eigenvalue weighted by molar-refractivity contribution is 0.297. The number of methoxy groups -OCH3 is 1. The van der Waals surface area contributed by atoms with Crippen LogP contribution in [0.2, 0.25) is 5.02 Å². The van der Waals surface area contributed by atoms with E-state index in [-0.39, 0.29) is 10.8 Å². The minimum Gasteiger partial charge on any atom is -0.598 e. The van der Waals surface area contributed by atoms with Crippen LogP contribution in [-0.4, -0.2) is 29.5 Å². The zero-order valence-corrected chi connectivity index (χ0v) is 17.8. The van der Waals surface area contributed by atoms with Crippen LogP contribution >= 0.6 is 27.5 Å². The molecular weight excluding hydrogens is 412 g/mol. The average Bonchev–Trinajstić information content (AvgIpc) is 2.54. The second-order valence-corrected chi connectivity index (χ2v) is 10.3. The first-order chi connectivity index (χ1) is 11.2. The maximum absolute atomic E-state index is 12.7. The molecule has 1 saturated heterocycles. The van der Waals surface area contributed by atoms with E-state index in [1.54, 1.807) is 7.11 Å². The average molecular weight is 438 g/mol. The molecule has 0 radical (unpaired) electrons. The van der Waals surface area contributed by atoms with Gasteiger partial charge < -0.3 is 14.6 Å². The molecule has 0 spiro atoms. The summed E-state index contributed by atoms with van der Waals surface area (Å²) in [7, 11) is 1.65. The SMILES string of the molecule is COc1cc(Br)c(Cl)cc1C(N[S+]([O-])C(C)(C)C)C1CCNCC1. The van der Waals surface area contributed by atoms with Crippen molar-refractivity contribution in [2.24, 2.45) is 5.92 Å². The Labute approximate surface area is 161 Å². The van der Waals surface area contributed by atoms with E-state index >= 15 is 0 Å². The van der Waals surface area contributed by atoms with Crippen LogP contribution in [0.5, 0.6) is 5.75 Å². The van der Waals surface area contributed by atoms with Crippen LogP contribution in [-0.2, 0) is 11.4 Å². The van der Waals surface area contributed by atoms with Gasteiger partial charge in [-0.3, -0.25) is 0 Å². The molecule has 1 aromatic carbocycles. The number of nitrogens with one attached hydrogen (secondary N) is 2. The Morgan fingerprint density at radius 1 is 1.38 bits per heavy atom. The summed E-state index contributed by atoms with van der Waals surface area (Å²) in [5.74, 6) is 1.14. The zero-order valence-electron chi connectivity index (χ0n) is 14.6. The van der Waals surface area contributed by atoms with Crippen LogP contribution in [0.3, 0.4) is 0 Å². The van der Waals surface area contributed by atoms with Gasteiger partial charge in [0.1, 0.15) is 10.5 Å². The van der Waals surface area contributed by atoms with Crippen LogP contribution in [0.15, 0.2) is 16.6 Å². The molecule has 1 heterocycles. The molecule has 0 aromatic heterocycles. The summed E-state index contributed by atoms with van der Waals surface area (Å²) in [5.41, 5.74) is 0.968. The molecule has 1 aliphatic heterocycles. The quantitative estimate of drug-likeness (QED) is 0.678. The topological polar surface area (TPSA) is 56.3 Å². The molecule has 0 amide bonds. The van der Waals surface area contributed by atoms with Crippen molar-refractivity contribution in [3.63, 3.8) is 0 Å². The maximum Gasteiger partial charge on any atom is 0.136 e. The predicted molar refractivity (Wildman–Crippen MR) is 105 cm³/mol. The highest BCUT2D eigenvalue weighted by atomic mass is 79.9. The first-order valence-electron chi connectivity index (χ1n) is 8.15. The van der Waals surface area contributed by atoms with Gasteiger partial charge in [-0.05, 0) is 80.7 Å². The summed E-state index contributed by atoms with van der Waals surface area (Å²) in [5, 5.41) is 4.02. The smallest absolute Gasteiger partial charge is 0.136 e. The van der Waals surface area contributed by atoms with E-state index in [2.05, 4.69) is 26.0 Å². The van der Waals surface area contributed by atoms with E-state index in [4.69, 9.17) is 16.3 Å². The fraction of sp³-hybridized carbons (Fsp3) is 0.647. The van der Waals surface area contributed by atoms with Crippen molar-refractivity contribution in [2.45, 2.75) is 44.4 Å². The van der Waals surface area contributed by atoms with Crippen LogP contribution in [0, 0.1) is 5.92 Å². The van der Waals surface area contributed by atoms with Gasteiger partial charge in [-0.2, -0.15) is 0 Å². The van der Waals surface area contributed by atoms with Crippen molar-refractivity contribution in [1.82, 2.24) is 10.0 Å². The second kappa shape index (κ2) is 8.60. The maximum atomic E-state index is 12.7. The van der Waals surface area contributed by atoms with Crippen molar-refractivity contribution >= 4 is 38.9 Å². The number of hydrogen-bond donors (Lipinski definition) is 2. The van der Waals surface area contributed by atoms with Gasteiger partial charge in [0.2, 0.25) is 0 Å². The molecule has 7 heteroatoms. The fourth-order valence-corrected chi connectivity index (χ4v) is 4.25. The molecule has 2 N–H and O–H groups in total. The van der Waals surface area contributed by atoms with E-state index in [1.165, 1.54) is 0 Å². The Morgan fingerprint density at radius 3 is 2.54 bits per heavy atom. The Balaban J connectivity index is 2.39. The fourth-order valence-electron chi connectivity index (χ4n) is 2.85. The highest BCUT2D eigenvalue weighted by Crippen LogP contribution is 2.40. The normalized spacial score (nSPS) is 19.1. The third-order valence-electron chi connectivity index (χ3n) is 4.25. The minimum absolute atomic E-state index is 0.0623. The summed E-state index contributed by atoms with van der Waals surface area (Å²) in [6.45, 7) is 7.86.